The van der Waals surface area contributed by atoms with Crippen molar-refractivity contribution in [3.8, 4) is 5.75 Å². The first kappa shape index (κ1) is 16.0. The molecule has 0 spiro atoms. The first-order valence-electron chi connectivity index (χ1n) is 7.05. The second-order valence-corrected chi connectivity index (χ2v) is 7.36. The minimum absolute atomic E-state index is 0.213. The van der Waals surface area contributed by atoms with Crippen LogP contribution in [0.25, 0.3) is 0 Å². The molecule has 0 amide bonds. The standard InChI is InChI=1S/C17H28O2/c1-13(2)14-10-8-9-11-15(14)18-19-17(6,7)12-16(3,4)5/h8-11,13H,12H2,1-7H3. The minimum Gasteiger partial charge on any atom is -0.337 e. The van der Waals surface area contributed by atoms with Crippen LogP contribution >= 0.6 is 0 Å². The molecular formula is C17H28O2. The Morgan fingerprint density at radius 2 is 1.58 bits per heavy atom. The van der Waals surface area contributed by atoms with Crippen LogP contribution in [-0.2, 0) is 4.89 Å². The summed E-state index contributed by atoms with van der Waals surface area (Å²) in [4.78, 5) is 11.3. The average Bonchev–Trinajstić information content (AvgIpc) is 2.23. The van der Waals surface area contributed by atoms with Crippen LogP contribution < -0.4 is 4.89 Å². The molecule has 1 aromatic carbocycles. The van der Waals surface area contributed by atoms with E-state index in [1.807, 2.05) is 18.2 Å². The van der Waals surface area contributed by atoms with Crippen molar-refractivity contribution in [3.05, 3.63) is 29.8 Å². The van der Waals surface area contributed by atoms with Crippen LogP contribution in [0.4, 0.5) is 0 Å². The van der Waals surface area contributed by atoms with Gasteiger partial charge in [0.15, 0.2) is 5.75 Å². The maximum absolute atomic E-state index is 5.68. The van der Waals surface area contributed by atoms with Gasteiger partial charge in [-0.25, -0.2) is 0 Å². The van der Waals surface area contributed by atoms with Gasteiger partial charge in [-0.3, -0.25) is 0 Å². The number of rotatable bonds is 5. The Hall–Kier alpha value is -1.02. The topological polar surface area (TPSA) is 18.5 Å². The maximum Gasteiger partial charge on any atom is 0.168 e. The fourth-order valence-electron chi connectivity index (χ4n) is 2.50. The second-order valence-electron chi connectivity index (χ2n) is 7.36. The highest BCUT2D eigenvalue weighted by molar-refractivity contribution is 5.35. The van der Waals surface area contributed by atoms with Gasteiger partial charge in [0.2, 0.25) is 0 Å². The molecule has 0 aliphatic carbocycles. The van der Waals surface area contributed by atoms with Crippen molar-refractivity contribution in [1.29, 1.82) is 0 Å². The van der Waals surface area contributed by atoms with Crippen molar-refractivity contribution < 1.29 is 9.78 Å². The van der Waals surface area contributed by atoms with Crippen molar-refractivity contribution in [2.45, 2.75) is 66.4 Å². The molecule has 0 heterocycles. The zero-order chi connectivity index (χ0) is 14.7. The molecule has 19 heavy (non-hydrogen) atoms. The van der Waals surface area contributed by atoms with E-state index in [2.05, 4.69) is 54.5 Å². The van der Waals surface area contributed by atoms with Crippen molar-refractivity contribution in [1.82, 2.24) is 0 Å². The predicted octanol–water partition coefficient (Wildman–Crippen LogP) is 5.34. The second kappa shape index (κ2) is 5.96. The van der Waals surface area contributed by atoms with Gasteiger partial charge >= 0.3 is 0 Å². The molecule has 0 aliphatic rings. The minimum atomic E-state index is -0.303. The van der Waals surface area contributed by atoms with E-state index in [0.29, 0.717) is 5.92 Å². The highest BCUT2D eigenvalue weighted by atomic mass is 17.2. The van der Waals surface area contributed by atoms with Crippen molar-refractivity contribution in [2.24, 2.45) is 5.41 Å². The summed E-state index contributed by atoms with van der Waals surface area (Å²) >= 11 is 0. The summed E-state index contributed by atoms with van der Waals surface area (Å²) in [7, 11) is 0. The summed E-state index contributed by atoms with van der Waals surface area (Å²) in [6.07, 6.45) is 0.934. The lowest BCUT2D eigenvalue weighted by molar-refractivity contribution is -0.288. The van der Waals surface area contributed by atoms with Gasteiger partial charge in [0.05, 0.1) is 0 Å². The van der Waals surface area contributed by atoms with E-state index in [0.717, 1.165) is 12.2 Å². The first-order chi connectivity index (χ1) is 8.61. The molecule has 0 N–H and O–H groups in total. The normalized spacial score (nSPS) is 12.8. The summed E-state index contributed by atoms with van der Waals surface area (Å²) in [5.74, 6) is 1.24. The van der Waals surface area contributed by atoms with E-state index in [1.165, 1.54) is 5.56 Å². The molecule has 0 atom stereocenters. The molecule has 0 bridgehead atoms. The lowest BCUT2D eigenvalue weighted by atomic mass is 9.84. The monoisotopic (exact) mass is 264 g/mol. The Morgan fingerprint density at radius 3 is 2.11 bits per heavy atom. The van der Waals surface area contributed by atoms with Gasteiger partial charge in [0, 0.05) is 5.56 Å². The predicted molar refractivity (Wildman–Crippen MR) is 80.4 cm³/mol. The fraction of sp³-hybridized carbons (Fsp3) is 0.647. The smallest absolute Gasteiger partial charge is 0.168 e. The third-order valence-corrected chi connectivity index (χ3v) is 2.85. The highest BCUT2D eigenvalue weighted by Crippen LogP contribution is 2.32. The Labute approximate surface area is 118 Å². The van der Waals surface area contributed by atoms with Crippen LogP contribution in [0, 0.1) is 5.41 Å². The van der Waals surface area contributed by atoms with E-state index in [9.17, 15) is 0 Å². The molecule has 1 aromatic rings. The van der Waals surface area contributed by atoms with Gasteiger partial charge in [-0.05, 0) is 37.7 Å². The lowest BCUT2D eigenvalue weighted by Crippen LogP contribution is -2.31. The van der Waals surface area contributed by atoms with Gasteiger partial charge in [-0.2, -0.15) is 4.89 Å². The number of hydrogen-bond acceptors (Lipinski definition) is 2. The van der Waals surface area contributed by atoms with Crippen molar-refractivity contribution >= 4 is 0 Å². The Bertz CT molecular complexity index is 400. The molecule has 0 fully saturated rings. The fourth-order valence-corrected chi connectivity index (χ4v) is 2.50. The Balaban J connectivity index is 2.71. The quantitative estimate of drug-likeness (QED) is 0.528. The van der Waals surface area contributed by atoms with Gasteiger partial charge in [-0.15, -0.1) is 0 Å². The summed E-state index contributed by atoms with van der Waals surface area (Å²) in [5, 5.41) is 0. The van der Waals surface area contributed by atoms with Gasteiger partial charge in [0.25, 0.3) is 0 Å². The van der Waals surface area contributed by atoms with Gasteiger partial charge in [0.1, 0.15) is 5.60 Å². The first-order valence-corrected chi connectivity index (χ1v) is 7.05. The third-order valence-electron chi connectivity index (χ3n) is 2.85. The number of benzene rings is 1. The van der Waals surface area contributed by atoms with Crippen LogP contribution in [0.5, 0.6) is 5.75 Å². The Morgan fingerprint density at radius 1 is 1.00 bits per heavy atom. The molecule has 0 saturated heterocycles. The molecule has 2 nitrogen and oxygen atoms in total. The SMILES string of the molecule is CC(C)c1ccccc1OOC(C)(C)CC(C)(C)C. The summed E-state index contributed by atoms with van der Waals surface area (Å²) in [6, 6.07) is 8.05. The third kappa shape index (κ3) is 5.65. The van der Waals surface area contributed by atoms with Crippen LogP contribution in [-0.4, -0.2) is 5.60 Å². The van der Waals surface area contributed by atoms with Crippen molar-refractivity contribution in [3.63, 3.8) is 0 Å². The van der Waals surface area contributed by atoms with E-state index in [4.69, 9.17) is 9.78 Å². The maximum atomic E-state index is 5.68. The molecule has 0 saturated carbocycles. The van der Waals surface area contributed by atoms with Crippen LogP contribution in [0.3, 0.4) is 0 Å². The summed E-state index contributed by atoms with van der Waals surface area (Å²) < 4.78 is 0. The molecule has 0 aromatic heterocycles. The highest BCUT2D eigenvalue weighted by Gasteiger charge is 2.28. The van der Waals surface area contributed by atoms with E-state index < -0.39 is 0 Å². The van der Waals surface area contributed by atoms with Gasteiger partial charge in [-0.1, -0.05) is 52.8 Å². The van der Waals surface area contributed by atoms with Crippen LogP contribution in [0.1, 0.15) is 66.4 Å². The van der Waals surface area contributed by atoms with Gasteiger partial charge < -0.3 is 4.89 Å². The largest absolute Gasteiger partial charge is 0.337 e. The summed E-state index contributed by atoms with van der Waals surface area (Å²) in [6.45, 7) is 15.1. The molecular weight excluding hydrogens is 236 g/mol. The summed E-state index contributed by atoms with van der Waals surface area (Å²) in [5.41, 5.74) is 1.08. The molecule has 1 rings (SSSR count). The zero-order valence-electron chi connectivity index (χ0n) is 13.4. The van der Waals surface area contributed by atoms with E-state index in [1.54, 1.807) is 0 Å². The van der Waals surface area contributed by atoms with E-state index >= 15 is 0 Å². The van der Waals surface area contributed by atoms with E-state index in [-0.39, 0.29) is 11.0 Å². The molecule has 108 valence electrons. The molecule has 0 radical (unpaired) electrons. The lowest BCUT2D eigenvalue weighted by Gasteiger charge is -2.31. The zero-order valence-corrected chi connectivity index (χ0v) is 13.4. The Kier molecular flexibility index (Phi) is 5.03. The average molecular weight is 264 g/mol. The molecule has 0 aliphatic heterocycles. The van der Waals surface area contributed by atoms with Crippen LogP contribution in [0.2, 0.25) is 0 Å². The number of hydrogen-bond donors (Lipinski definition) is 0. The van der Waals surface area contributed by atoms with Crippen molar-refractivity contribution in [2.75, 3.05) is 0 Å². The van der Waals surface area contributed by atoms with Crippen LogP contribution in [0.15, 0.2) is 24.3 Å². The molecule has 0 unspecified atom stereocenters. The molecule has 2 heteroatoms. The number of para-hydroxylation sites is 1.